The Bertz CT molecular complexity index is 1050. The molecule has 1 aromatic heterocycles. The van der Waals surface area contributed by atoms with Crippen LogP contribution in [0, 0.1) is 12.8 Å². The van der Waals surface area contributed by atoms with E-state index in [9.17, 15) is 4.79 Å². The zero-order valence-electron chi connectivity index (χ0n) is 17.2. The first kappa shape index (κ1) is 20.0. The molecule has 1 aliphatic heterocycles. The monoisotopic (exact) mass is 455 g/mol. The number of rotatable bonds is 5. The van der Waals surface area contributed by atoms with Crippen molar-refractivity contribution < 1.29 is 9.53 Å². The van der Waals surface area contributed by atoms with Gasteiger partial charge in [0.15, 0.2) is 0 Å². The van der Waals surface area contributed by atoms with Gasteiger partial charge in [0.25, 0.3) is 0 Å². The highest BCUT2D eigenvalue weighted by Crippen LogP contribution is 2.35. The van der Waals surface area contributed by atoms with Gasteiger partial charge >= 0.3 is 0 Å². The van der Waals surface area contributed by atoms with E-state index in [-0.39, 0.29) is 24.0 Å². The maximum Gasteiger partial charge on any atom is 0.223 e. The molecule has 1 saturated heterocycles. The number of halogens is 1. The van der Waals surface area contributed by atoms with Gasteiger partial charge in [-0.3, -0.25) is 4.79 Å². The van der Waals surface area contributed by atoms with Crippen molar-refractivity contribution in [2.24, 2.45) is 13.0 Å². The SMILES string of the molecule is Cc1nc2cc(Br)cc(O[C@H](C)[C@@H]3CC(=O)N([C@H](C)c4ccccc4)C3)c2n1C. The number of ether oxygens (including phenoxy) is 1. The Balaban J connectivity index is 1.53. The van der Waals surface area contributed by atoms with Crippen molar-refractivity contribution in [1.82, 2.24) is 14.5 Å². The Morgan fingerprint density at radius 3 is 2.66 bits per heavy atom. The highest BCUT2D eigenvalue weighted by molar-refractivity contribution is 9.10. The van der Waals surface area contributed by atoms with Crippen LogP contribution in [0.3, 0.4) is 0 Å². The van der Waals surface area contributed by atoms with Crippen molar-refractivity contribution >= 4 is 32.9 Å². The summed E-state index contributed by atoms with van der Waals surface area (Å²) >= 11 is 3.56. The van der Waals surface area contributed by atoms with Gasteiger partial charge in [0, 0.05) is 30.4 Å². The number of carbonyl (C=O) groups excluding carboxylic acids is 1. The Hall–Kier alpha value is -2.34. The second-order valence-corrected chi connectivity index (χ2v) is 8.83. The quantitative estimate of drug-likeness (QED) is 0.542. The lowest BCUT2D eigenvalue weighted by Crippen LogP contribution is -2.31. The van der Waals surface area contributed by atoms with Crippen LogP contribution in [0.1, 0.15) is 37.7 Å². The van der Waals surface area contributed by atoms with E-state index in [0.29, 0.717) is 13.0 Å². The average molecular weight is 456 g/mol. The molecule has 3 aromatic rings. The van der Waals surface area contributed by atoms with Gasteiger partial charge in [-0.2, -0.15) is 0 Å². The van der Waals surface area contributed by atoms with E-state index in [1.54, 1.807) is 0 Å². The first-order valence-electron chi connectivity index (χ1n) is 9.98. The molecule has 0 N–H and O–H groups in total. The lowest BCUT2D eigenvalue weighted by Gasteiger charge is -2.26. The number of likely N-dealkylation sites (tertiary alicyclic amines) is 1. The summed E-state index contributed by atoms with van der Waals surface area (Å²) in [6.45, 7) is 6.85. The maximum atomic E-state index is 12.7. The number of nitrogens with zero attached hydrogens (tertiary/aromatic N) is 3. The van der Waals surface area contributed by atoms with Crippen molar-refractivity contribution in [3.8, 4) is 5.75 Å². The lowest BCUT2D eigenvalue weighted by molar-refractivity contribution is -0.129. The Morgan fingerprint density at radius 1 is 1.21 bits per heavy atom. The predicted octanol–water partition coefficient (Wildman–Crippen LogP) is 5.02. The molecule has 5 nitrogen and oxygen atoms in total. The van der Waals surface area contributed by atoms with Crippen LogP contribution in [-0.4, -0.2) is 33.0 Å². The fourth-order valence-corrected chi connectivity index (χ4v) is 4.57. The van der Waals surface area contributed by atoms with Gasteiger partial charge < -0.3 is 14.2 Å². The Kier molecular flexibility index (Phi) is 5.38. The summed E-state index contributed by atoms with van der Waals surface area (Å²) < 4.78 is 9.39. The van der Waals surface area contributed by atoms with E-state index >= 15 is 0 Å². The van der Waals surface area contributed by atoms with Gasteiger partial charge in [0.1, 0.15) is 23.2 Å². The molecule has 0 radical (unpaired) electrons. The van der Waals surface area contributed by atoms with Crippen LogP contribution >= 0.6 is 15.9 Å². The van der Waals surface area contributed by atoms with Crippen molar-refractivity contribution in [3.05, 3.63) is 58.3 Å². The molecule has 1 aliphatic rings. The fourth-order valence-electron chi connectivity index (χ4n) is 4.14. The molecule has 2 aromatic carbocycles. The number of aromatic nitrogens is 2. The number of fused-ring (bicyclic) bond motifs is 1. The average Bonchev–Trinajstić information content (AvgIpc) is 3.21. The summed E-state index contributed by atoms with van der Waals surface area (Å²) in [6, 6.07) is 14.2. The van der Waals surface area contributed by atoms with Gasteiger partial charge in [-0.05, 0) is 38.5 Å². The number of aryl methyl sites for hydroxylation is 2. The van der Waals surface area contributed by atoms with Crippen LogP contribution in [0.4, 0.5) is 0 Å². The summed E-state index contributed by atoms with van der Waals surface area (Å²) in [5, 5.41) is 0. The first-order chi connectivity index (χ1) is 13.8. The van der Waals surface area contributed by atoms with E-state index in [2.05, 4.69) is 46.9 Å². The minimum Gasteiger partial charge on any atom is -0.488 e. The molecule has 3 atom stereocenters. The van der Waals surface area contributed by atoms with Crippen LogP contribution in [0.15, 0.2) is 46.9 Å². The third-order valence-corrected chi connectivity index (χ3v) is 6.50. The number of amides is 1. The lowest BCUT2D eigenvalue weighted by atomic mass is 10.0. The van der Waals surface area contributed by atoms with Crippen molar-refractivity contribution in [2.45, 2.75) is 39.3 Å². The number of hydrogen-bond donors (Lipinski definition) is 0. The largest absolute Gasteiger partial charge is 0.488 e. The van der Waals surface area contributed by atoms with Crippen LogP contribution in [0.25, 0.3) is 11.0 Å². The van der Waals surface area contributed by atoms with E-state index in [4.69, 9.17) is 4.74 Å². The molecule has 2 heterocycles. The predicted molar refractivity (Wildman–Crippen MR) is 118 cm³/mol. The minimum absolute atomic E-state index is 0.0678. The van der Waals surface area contributed by atoms with Crippen molar-refractivity contribution in [2.75, 3.05) is 6.54 Å². The molecule has 1 amide bonds. The van der Waals surface area contributed by atoms with E-state index in [1.807, 2.05) is 53.8 Å². The zero-order chi connectivity index (χ0) is 20.7. The Morgan fingerprint density at radius 2 is 1.93 bits per heavy atom. The number of carbonyl (C=O) groups is 1. The summed E-state index contributed by atoms with van der Waals surface area (Å²) in [5.74, 6) is 2.08. The summed E-state index contributed by atoms with van der Waals surface area (Å²) in [5.41, 5.74) is 3.05. The third kappa shape index (κ3) is 3.78. The molecule has 4 rings (SSSR count). The topological polar surface area (TPSA) is 47.4 Å². The summed E-state index contributed by atoms with van der Waals surface area (Å²) in [4.78, 5) is 19.3. The highest BCUT2D eigenvalue weighted by Gasteiger charge is 2.37. The highest BCUT2D eigenvalue weighted by atomic mass is 79.9. The third-order valence-electron chi connectivity index (χ3n) is 6.04. The molecule has 0 saturated carbocycles. The molecule has 0 unspecified atom stereocenters. The van der Waals surface area contributed by atoms with Crippen LogP contribution < -0.4 is 4.74 Å². The van der Waals surface area contributed by atoms with Crippen molar-refractivity contribution in [1.29, 1.82) is 0 Å². The summed E-state index contributed by atoms with van der Waals surface area (Å²) in [7, 11) is 2.00. The number of benzene rings is 2. The molecule has 0 spiro atoms. The molecule has 6 heteroatoms. The van der Waals surface area contributed by atoms with Crippen LogP contribution in [0.5, 0.6) is 5.75 Å². The zero-order valence-corrected chi connectivity index (χ0v) is 18.8. The van der Waals surface area contributed by atoms with Gasteiger partial charge in [-0.15, -0.1) is 0 Å². The van der Waals surface area contributed by atoms with Gasteiger partial charge in [-0.25, -0.2) is 4.98 Å². The maximum absolute atomic E-state index is 12.7. The minimum atomic E-state index is -0.0837. The molecule has 0 bridgehead atoms. The fraction of sp³-hybridized carbons (Fsp3) is 0.391. The summed E-state index contributed by atoms with van der Waals surface area (Å²) in [6.07, 6.45) is 0.430. The smallest absolute Gasteiger partial charge is 0.223 e. The molecule has 1 fully saturated rings. The normalized spacial score (nSPS) is 19.0. The van der Waals surface area contributed by atoms with Crippen LogP contribution in [-0.2, 0) is 11.8 Å². The Labute approximate surface area is 179 Å². The van der Waals surface area contributed by atoms with Crippen molar-refractivity contribution in [3.63, 3.8) is 0 Å². The van der Waals surface area contributed by atoms with E-state index in [0.717, 1.165) is 32.6 Å². The van der Waals surface area contributed by atoms with E-state index < -0.39 is 0 Å². The molecular weight excluding hydrogens is 430 g/mol. The standard InChI is InChI=1S/C23H26BrN3O2/c1-14(17-8-6-5-7-9-17)27-13-18(10-22(27)28)15(2)29-21-12-19(24)11-20-23(21)26(4)16(3)25-20/h5-9,11-12,14-15,18H,10,13H2,1-4H3/t14-,15-,18-/m1/s1. The molecule has 29 heavy (non-hydrogen) atoms. The number of hydrogen-bond acceptors (Lipinski definition) is 3. The van der Waals surface area contributed by atoms with Crippen LogP contribution in [0.2, 0.25) is 0 Å². The molecule has 152 valence electrons. The second kappa shape index (κ2) is 7.82. The van der Waals surface area contributed by atoms with E-state index in [1.165, 1.54) is 0 Å². The van der Waals surface area contributed by atoms with Gasteiger partial charge in [0.05, 0.1) is 11.6 Å². The van der Waals surface area contributed by atoms with Gasteiger partial charge in [0.2, 0.25) is 5.91 Å². The first-order valence-corrected chi connectivity index (χ1v) is 10.8. The van der Waals surface area contributed by atoms with Gasteiger partial charge in [-0.1, -0.05) is 46.3 Å². The number of imidazole rings is 1. The molecule has 0 aliphatic carbocycles. The molecular formula is C23H26BrN3O2. The second-order valence-electron chi connectivity index (χ2n) is 7.91.